The number of hydrogen-bond acceptors (Lipinski definition) is 6. The number of ether oxygens (including phenoxy) is 1. The van der Waals surface area contributed by atoms with Crippen molar-refractivity contribution < 1.29 is 9.84 Å². The first-order chi connectivity index (χ1) is 12.6. The van der Waals surface area contributed by atoms with Crippen LogP contribution in [0.15, 0.2) is 54.3 Å². The minimum atomic E-state index is -0.220. The van der Waals surface area contributed by atoms with Crippen LogP contribution in [0.25, 0.3) is 15.8 Å². The third-order valence-electron chi connectivity index (χ3n) is 3.89. The number of aromatic nitrogens is 1. The van der Waals surface area contributed by atoms with Crippen LogP contribution in [-0.2, 0) is 5.75 Å². The van der Waals surface area contributed by atoms with Crippen LogP contribution in [0.5, 0.6) is 5.75 Å². The Balaban J connectivity index is 1.79. The van der Waals surface area contributed by atoms with E-state index in [-0.39, 0.29) is 16.6 Å². The monoisotopic (exact) mass is 382 g/mol. The lowest BCUT2D eigenvalue weighted by atomic mass is 10.2. The zero-order chi connectivity index (χ0) is 18.5. The number of rotatable bonds is 6. The van der Waals surface area contributed by atoms with E-state index in [2.05, 4.69) is 11.1 Å². The summed E-state index contributed by atoms with van der Waals surface area (Å²) in [7, 11) is 1.64. The molecule has 4 nitrogen and oxygen atoms in total. The maximum atomic E-state index is 10.6. The van der Waals surface area contributed by atoms with Crippen LogP contribution in [0.4, 0.5) is 0 Å². The van der Waals surface area contributed by atoms with Crippen molar-refractivity contribution in [2.24, 2.45) is 0 Å². The van der Waals surface area contributed by atoms with Crippen molar-refractivity contribution in [1.29, 1.82) is 5.26 Å². The van der Waals surface area contributed by atoms with E-state index in [0.29, 0.717) is 10.8 Å². The smallest absolute Gasteiger partial charge is 0.138 e. The van der Waals surface area contributed by atoms with E-state index in [1.54, 1.807) is 18.9 Å². The molecule has 1 aromatic heterocycles. The average molecular weight is 383 g/mol. The predicted octanol–water partition coefficient (Wildman–Crippen LogP) is 5.42. The van der Waals surface area contributed by atoms with Gasteiger partial charge in [-0.25, -0.2) is 4.98 Å². The third kappa shape index (κ3) is 4.01. The lowest BCUT2D eigenvalue weighted by molar-refractivity contribution is 0.402. The Morgan fingerprint density at radius 3 is 2.85 bits per heavy atom. The number of nitriles is 1. The fourth-order valence-electron chi connectivity index (χ4n) is 2.46. The van der Waals surface area contributed by atoms with E-state index in [0.717, 1.165) is 21.5 Å². The van der Waals surface area contributed by atoms with Gasteiger partial charge in [-0.1, -0.05) is 24.3 Å². The summed E-state index contributed by atoms with van der Waals surface area (Å²) in [4.78, 5) is 4.48. The Labute approximate surface area is 160 Å². The van der Waals surface area contributed by atoms with Gasteiger partial charge in [0.2, 0.25) is 0 Å². The van der Waals surface area contributed by atoms with Crippen molar-refractivity contribution in [3.05, 3.63) is 64.9 Å². The summed E-state index contributed by atoms with van der Waals surface area (Å²) in [5.74, 6) is 1.59. The number of aliphatic hydroxyl groups is 1. The number of thioether (sulfide) groups is 1. The molecule has 1 unspecified atom stereocenters. The van der Waals surface area contributed by atoms with Gasteiger partial charge in [0, 0.05) is 5.75 Å². The molecule has 3 rings (SSSR count). The van der Waals surface area contributed by atoms with Crippen molar-refractivity contribution in [1.82, 2.24) is 4.98 Å². The molecular weight excluding hydrogens is 364 g/mol. The van der Waals surface area contributed by atoms with Crippen molar-refractivity contribution in [3.8, 4) is 11.8 Å². The van der Waals surface area contributed by atoms with Crippen LogP contribution in [0.1, 0.15) is 17.5 Å². The highest BCUT2D eigenvalue weighted by Gasteiger charge is 2.18. The van der Waals surface area contributed by atoms with E-state index in [1.807, 2.05) is 55.5 Å². The summed E-state index contributed by atoms with van der Waals surface area (Å²) in [5.41, 5.74) is 2.19. The third-order valence-corrected chi connectivity index (χ3v) is 6.17. The Bertz CT molecular complexity index is 956. The Morgan fingerprint density at radius 2 is 2.12 bits per heavy atom. The van der Waals surface area contributed by atoms with Gasteiger partial charge in [0.05, 0.1) is 22.6 Å². The molecule has 0 aliphatic heterocycles. The molecule has 0 aliphatic rings. The largest absolute Gasteiger partial charge is 0.510 e. The number of nitrogens with zero attached hydrogens (tertiary/aromatic N) is 2. The van der Waals surface area contributed by atoms with Gasteiger partial charge in [0.15, 0.2) is 0 Å². The van der Waals surface area contributed by atoms with Crippen molar-refractivity contribution in [2.45, 2.75) is 17.9 Å². The van der Waals surface area contributed by atoms with Crippen LogP contribution in [0.3, 0.4) is 0 Å². The number of fused-ring (bicyclic) bond motifs is 1. The van der Waals surface area contributed by atoms with Gasteiger partial charge in [-0.15, -0.1) is 23.1 Å². The fourth-order valence-corrected chi connectivity index (χ4v) is 4.33. The molecule has 1 heterocycles. The summed E-state index contributed by atoms with van der Waals surface area (Å²) in [5, 5.41) is 20.5. The minimum Gasteiger partial charge on any atom is -0.510 e. The molecule has 0 bridgehead atoms. The summed E-state index contributed by atoms with van der Waals surface area (Å²) in [6.45, 7) is 1.89. The Kier molecular flexibility index (Phi) is 5.82. The summed E-state index contributed by atoms with van der Waals surface area (Å²) >= 11 is 2.98. The van der Waals surface area contributed by atoms with Crippen molar-refractivity contribution >= 4 is 38.9 Å². The van der Waals surface area contributed by atoms with Crippen molar-refractivity contribution in [3.63, 3.8) is 0 Å². The second kappa shape index (κ2) is 8.26. The number of thiazole rings is 1. The van der Waals surface area contributed by atoms with E-state index in [4.69, 9.17) is 4.74 Å². The highest BCUT2D eigenvalue weighted by atomic mass is 32.2. The standard InChI is InChI=1S/C20H18N2O2S2/c1-13(25-12-14-6-5-7-15(10-14)24-2)19(23)16(11-21)20-22-17-8-3-4-9-18(17)26-20/h3-10,13,23H,12H2,1-2H3/b19-16-. The number of para-hydroxylation sites is 1. The number of allylic oxidation sites excluding steroid dienone is 1. The summed E-state index contributed by atoms with van der Waals surface area (Å²) in [6.07, 6.45) is 0. The Hall–Kier alpha value is -2.49. The average Bonchev–Trinajstić information content (AvgIpc) is 3.10. The van der Waals surface area contributed by atoms with Gasteiger partial charge in [-0.3, -0.25) is 0 Å². The summed E-state index contributed by atoms with van der Waals surface area (Å²) in [6, 6.07) is 17.7. The minimum absolute atomic E-state index is 0.0689. The molecule has 0 spiro atoms. The molecule has 3 aromatic rings. The number of aliphatic hydroxyl groups excluding tert-OH is 1. The first kappa shape index (κ1) is 18.3. The second-order valence-corrected chi connectivity index (χ2v) is 8.02. The lowest BCUT2D eigenvalue weighted by Gasteiger charge is -2.12. The van der Waals surface area contributed by atoms with Gasteiger partial charge in [-0.05, 0) is 36.8 Å². The molecule has 0 saturated carbocycles. The predicted molar refractivity (Wildman–Crippen MR) is 109 cm³/mol. The van der Waals surface area contributed by atoms with Gasteiger partial charge < -0.3 is 9.84 Å². The zero-order valence-corrected chi connectivity index (χ0v) is 16.1. The normalized spacial score (nSPS) is 13.1. The van der Waals surface area contributed by atoms with Crippen LogP contribution in [-0.4, -0.2) is 22.5 Å². The number of hydrogen-bond donors (Lipinski definition) is 1. The first-order valence-electron chi connectivity index (χ1n) is 8.06. The molecule has 2 aromatic carbocycles. The molecule has 1 N–H and O–H groups in total. The lowest BCUT2D eigenvalue weighted by Crippen LogP contribution is -2.04. The summed E-state index contributed by atoms with van der Waals surface area (Å²) < 4.78 is 6.23. The topological polar surface area (TPSA) is 66.1 Å². The fraction of sp³-hybridized carbons (Fsp3) is 0.200. The molecule has 0 aliphatic carbocycles. The van der Waals surface area contributed by atoms with E-state index in [9.17, 15) is 10.4 Å². The maximum Gasteiger partial charge on any atom is 0.138 e. The molecule has 1 atom stereocenters. The SMILES string of the molecule is COc1cccc(CSC(C)/C(O)=C(\C#N)c2nc3ccccc3s2)c1. The number of benzene rings is 2. The molecule has 0 fully saturated rings. The molecule has 0 amide bonds. The maximum absolute atomic E-state index is 10.6. The Morgan fingerprint density at radius 1 is 1.31 bits per heavy atom. The highest BCUT2D eigenvalue weighted by Crippen LogP contribution is 2.32. The van der Waals surface area contributed by atoms with Crippen LogP contribution < -0.4 is 4.74 Å². The first-order valence-corrected chi connectivity index (χ1v) is 9.92. The van der Waals surface area contributed by atoms with Gasteiger partial charge in [0.25, 0.3) is 0 Å². The van der Waals surface area contributed by atoms with Crippen LogP contribution in [0, 0.1) is 11.3 Å². The quantitative estimate of drug-likeness (QED) is 0.455. The number of methoxy groups -OCH3 is 1. The van der Waals surface area contributed by atoms with Gasteiger partial charge in [-0.2, -0.15) is 5.26 Å². The molecule has 6 heteroatoms. The van der Waals surface area contributed by atoms with E-state index < -0.39 is 0 Å². The van der Waals surface area contributed by atoms with Crippen LogP contribution in [0.2, 0.25) is 0 Å². The molecule has 132 valence electrons. The van der Waals surface area contributed by atoms with Gasteiger partial charge in [0.1, 0.15) is 28.2 Å². The molecule has 26 heavy (non-hydrogen) atoms. The van der Waals surface area contributed by atoms with E-state index in [1.165, 1.54) is 11.3 Å². The highest BCUT2D eigenvalue weighted by molar-refractivity contribution is 7.99. The van der Waals surface area contributed by atoms with Crippen molar-refractivity contribution in [2.75, 3.05) is 7.11 Å². The second-order valence-electron chi connectivity index (χ2n) is 5.66. The van der Waals surface area contributed by atoms with E-state index >= 15 is 0 Å². The van der Waals surface area contributed by atoms with Gasteiger partial charge >= 0.3 is 0 Å². The molecular formula is C20H18N2O2S2. The molecule has 0 radical (unpaired) electrons. The van der Waals surface area contributed by atoms with Crippen LogP contribution >= 0.6 is 23.1 Å². The zero-order valence-electron chi connectivity index (χ0n) is 14.5. The molecule has 0 saturated heterocycles.